The van der Waals surface area contributed by atoms with Crippen molar-refractivity contribution < 1.29 is 9.21 Å². The number of furan rings is 1. The predicted molar refractivity (Wildman–Crippen MR) is 65.2 cm³/mol. The highest BCUT2D eigenvalue weighted by Crippen LogP contribution is 2.23. The Bertz CT molecular complexity index is 480. The van der Waals surface area contributed by atoms with E-state index in [1.54, 1.807) is 17.6 Å². The molecule has 0 saturated carbocycles. The Balaban J connectivity index is 2.01. The summed E-state index contributed by atoms with van der Waals surface area (Å²) < 4.78 is 5.21. The van der Waals surface area contributed by atoms with E-state index < -0.39 is 0 Å². The van der Waals surface area contributed by atoms with Gasteiger partial charge in [0.1, 0.15) is 5.76 Å². The van der Waals surface area contributed by atoms with Crippen LogP contribution in [0.1, 0.15) is 32.3 Å². The molecule has 0 bridgehead atoms. The summed E-state index contributed by atoms with van der Waals surface area (Å²) in [5.74, 6) is 1.09. The lowest BCUT2D eigenvalue weighted by atomic mass is 10.1. The van der Waals surface area contributed by atoms with E-state index in [2.05, 4.69) is 6.07 Å². The molecule has 0 saturated heterocycles. The smallest absolute Gasteiger partial charge is 0.173 e. The fourth-order valence-electron chi connectivity index (χ4n) is 1.72. The maximum atomic E-state index is 11.9. The average Bonchev–Trinajstić information content (AvgIpc) is 2.84. The molecule has 0 aromatic carbocycles. The van der Waals surface area contributed by atoms with Crippen LogP contribution >= 0.6 is 11.3 Å². The molecule has 0 amide bonds. The number of thiophene rings is 1. The molecule has 2 aromatic rings. The molecule has 2 nitrogen and oxygen atoms in total. The van der Waals surface area contributed by atoms with Crippen molar-refractivity contribution >= 4 is 17.1 Å². The summed E-state index contributed by atoms with van der Waals surface area (Å²) in [5, 5.41) is 0. The molecule has 2 aromatic heterocycles. The van der Waals surface area contributed by atoms with Crippen LogP contribution in [0.4, 0.5) is 0 Å². The first-order valence-electron chi connectivity index (χ1n) is 5.29. The molecule has 0 aliphatic carbocycles. The van der Waals surface area contributed by atoms with E-state index in [1.165, 1.54) is 4.88 Å². The summed E-state index contributed by atoms with van der Waals surface area (Å²) in [6.07, 6.45) is 2.84. The Morgan fingerprint density at radius 1 is 1.44 bits per heavy atom. The summed E-state index contributed by atoms with van der Waals surface area (Å²) in [6.45, 7) is 4.02. The first-order valence-corrected chi connectivity index (χ1v) is 6.11. The zero-order chi connectivity index (χ0) is 11.5. The van der Waals surface area contributed by atoms with Crippen LogP contribution in [0.3, 0.4) is 0 Å². The van der Waals surface area contributed by atoms with Gasteiger partial charge in [-0.25, -0.2) is 0 Å². The number of carbonyl (C=O) groups is 1. The Morgan fingerprint density at radius 2 is 2.25 bits per heavy atom. The van der Waals surface area contributed by atoms with Crippen LogP contribution < -0.4 is 0 Å². The first kappa shape index (κ1) is 11.1. The fraction of sp³-hybridized carbons (Fsp3) is 0.308. The fourth-order valence-corrected chi connectivity index (χ4v) is 2.72. The van der Waals surface area contributed by atoms with Gasteiger partial charge in [0.2, 0.25) is 0 Å². The highest BCUT2D eigenvalue weighted by Gasteiger charge is 2.12. The molecule has 2 rings (SSSR count). The molecule has 0 aliphatic rings. The average molecular weight is 234 g/mol. The minimum atomic E-state index is 0.215. The Labute approximate surface area is 98.9 Å². The summed E-state index contributed by atoms with van der Waals surface area (Å²) in [5.41, 5.74) is 1.09. The third-order valence-electron chi connectivity index (χ3n) is 2.47. The van der Waals surface area contributed by atoms with Gasteiger partial charge in [-0.05, 0) is 37.6 Å². The molecular weight excluding hydrogens is 220 g/mol. The monoisotopic (exact) mass is 234 g/mol. The summed E-state index contributed by atoms with van der Waals surface area (Å²) in [6, 6.07) is 5.81. The van der Waals surface area contributed by atoms with Crippen LogP contribution in [0.25, 0.3) is 0 Å². The van der Waals surface area contributed by atoms with Gasteiger partial charge in [-0.2, -0.15) is 0 Å². The Morgan fingerprint density at radius 3 is 2.81 bits per heavy atom. The molecule has 0 aliphatic heterocycles. The maximum absolute atomic E-state index is 11.9. The Hall–Kier alpha value is -1.35. The SMILES string of the molecule is Cc1cc(C)c(C(=O)CCc2ccco2)s1. The van der Waals surface area contributed by atoms with E-state index in [1.807, 2.05) is 26.0 Å². The summed E-state index contributed by atoms with van der Waals surface area (Å²) >= 11 is 1.58. The minimum absolute atomic E-state index is 0.215. The Kier molecular flexibility index (Phi) is 3.25. The number of carbonyl (C=O) groups excluding carboxylic acids is 1. The van der Waals surface area contributed by atoms with Gasteiger partial charge in [-0.3, -0.25) is 4.79 Å². The topological polar surface area (TPSA) is 30.2 Å². The van der Waals surface area contributed by atoms with E-state index >= 15 is 0 Å². The standard InChI is InChI=1S/C13H14O2S/c1-9-8-10(2)16-13(9)12(14)6-5-11-4-3-7-15-11/h3-4,7-8H,5-6H2,1-2H3. The number of hydrogen-bond donors (Lipinski definition) is 0. The first-order chi connectivity index (χ1) is 7.66. The van der Waals surface area contributed by atoms with Crippen LogP contribution in [0.5, 0.6) is 0 Å². The van der Waals surface area contributed by atoms with E-state index in [9.17, 15) is 4.79 Å². The van der Waals surface area contributed by atoms with Crippen LogP contribution in [-0.4, -0.2) is 5.78 Å². The maximum Gasteiger partial charge on any atom is 0.173 e. The van der Waals surface area contributed by atoms with Crippen LogP contribution in [0, 0.1) is 13.8 Å². The normalized spacial score (nSPS) is 10.6. The van der Waals surface area contributed by atoms with E-state index in [-0.39, 0.29) is 5.78 Å². The summed E-state index contributed by atoms with van der Waals surface area (Å²) in [7, 11) is 0. The quantitative estimate of drug-likeness (QED) is 0.754. The number of Topliss-reactive ketones (excluding diaryl/α,β-unsaturated/α-hetero) is 1. The van der Waals surface area contributed by atoms with Crippen LogP contribution in [0.2, 0.25) is 0 Å². The molecule has 0 spiro atoms. The molecule has 0 N–H and O–H groups in total. The van der Waals surface area contributed by atoms with Gasteiger partial charge in [-0.15, -0.1) is 11.3 Å². The van der Waals surface area contributed by atoms with Gasteiger partial charge in [-0.1, -0.05) is 0 Å². The highest BCUT2D eigenvalue weighted by molar-refractivity contribution is 7.14. The van der Waals surface area contributed by atoms with Crippen molar-refractivity contribution in [3.8, 4) is 0 Å². The molecule has 0 radical (unpaired) electrons. The van der Waals surface area contributed by atoms with Gasteiger partial charge in [0.25, 0.3) is 0 Å². The minimum Gasteiger partial charge on any atom is -0.469 e. The predicted octanol–water partition coefficient (Wildman–Crippen LogP) is 3.77. The largest absolute Gasteiger partial charge is 0.469 e. The van der Waals surface area contributed by atoms with Gasteiger partial charge < -0.3 is 4.42 Å². The zero-order valence-corrected chi connectivity index (χ0v) is 10.3. The van der Waals surface area contributed by atoms with Crippen molar-refractivity contribution in [2.45, 2.75) is 26.7 Å². The number of aryl methyl sites for hydroxylation is 3. The van der Waals surface area contributed by atoms with Gasteiger partial charge in [0, 0.05) is 17.7 Å². The molecule has 16 heavy (non-hydrogen) atoms. The number of rotatable bonds is 4. The summed E-state index contributed by atoms with van der Waals surface area (Å²) in [4.78, 5) is 14.0. The molecule has 0 unspecified atom stereocenters. The van der Waals surface area contributed by atoms with Crippen LogP contribution in [-0.2, 0) is 6.42 Å². The highest BCUT2D eigenvalue weighted by atomic mass is 32.1. The lowest BCUT2D eigenvalue weighted by Crippen LogP contribution is -1.99. The van der Waals surface area contributed by atoms with Crippen molar-refractivity contribution in [1.82, 2.24) is 0 Å². The molecule has 0 fully saturated rings. The van der Waals surface area contributed by atoms with E-state index in [0.29, 0.717) is 12.8 Å². The number of ketones is 1. The zero-order valence-electron chi connectivity index (χ0n) is 9.45. The molecule has 3 heteroatoms. The third kappa shape index (κ3) is 2.42. The molecule has 84 valence electrons. The van der Waals surface area contributed by atoms with Crippen molar-refractivity contribution in [2.75, 3.05) is 0 Å². The second-order valence-corrected chi connectivity index (χ2v) is 5.13. The van der Waals surface area contributed by atoms with E-state index in [4.69, 9.17) is 4.42 Å². The molecular formula is C13H14O2S. The van der Waals surface area contributed by atoms with Crippen molar-refractivity contribution in [2.24, 2.45) is 0 Å². The van der Waals surface area contributed by atoms with E-state index in [0.717, 1.165) is 16.2 Å². The molecule has 2 heterocycles. The van der Waals surface area contributed by atoms with Gasteiger partial charge in [0.05, 0.1) is 11.1 Å². The third-order valence-corrected chi connectivity index (χ3v) is 3.67. The van der Waals surface area contributed by atoms with Gasteiger partial charge in [0.15, 0.2) is 5.78 Å². The second-order valence-electron chi connectivity index (χ2n) is 3.87. The van der Waals surface area contributed by atoms with Crippen molar-refractivity contribution in [3.63, 3.8) is 0 Å². The van der Waals surface area contributed by atoms with Crippen molar-refractivity contribution in [1.29, 1.82) is 0 Å². The van der Waals surface area contributed by atoms with Gasteiger partial charge >= 0.3 is 0 Å². The van der Waals surface area contributed by atoms with Crippen molar-refractivity contribution in [3.05, 3.63) is 45.5 Å². The van der Waals surface area contributed by atoms with Crippen LogP contribution in [0.15, 0.2) is 28.9 Å². The molecule has 0 atom stereocenters. The lowest BCUT2D eigenvalue weighted by Gasteiger charge is -1.97. The lowest BCUT2D eigenvalue weighted by molar-refractivity contribution is 0.0984. The number of hydrogen-bond acceptors (Lipinski definition) is 3. The second kappa shape index (κ2) is 4.66.